The number of carbonyl (C=O) groups excluding carboxylic acids is 1. The van der Waals surface area contributed by atoms with Gasteiger partial charge < -0.3 is 11.1 Å². The maximum Gasteiger partial charge on any atom is 0.263 e. The van der Waals surface area contributed by atoms with Crippen LogP contribution in [0.25, 0.3) is 10.2 Å². The summed E-state index contributed by atoms with van der Waals surface area (Å²) in [4.78, 5) is 18.1. The van der Waals surface area contributed by atoms with E-state index in [1.54, 1.807) is 0 Å². The van der Waals surface area contributed by atoms with Crippen LogP contribution in [0.1, 0.15) is 35.1 Å². The van der Waals surface area contributed by atoms with Crippen LogP contribution in [0.4, 0.5) is 5.69 Å². The number of rotatable bonds is 3. The van der Waals surface area contributed by atoms with Gasteiger partial charge in [0.1, 0.15) is 9.71 Å². The summed E-state index contributed by atoms with van der Waals surface area (Å²) in [6.45, 7) is 4.09. The number of amides is 1. The number of aromatic nitrogens is 1. The Morgan fingerprint density at radius 1 is 1.58 bits per heavy atom. The summed E-state index contributed by atoms with van der Waals surface area (Å²) in [6, 6.07) is 4.18. The second-order valence-electron chi connectivity index (χ2n) is 5.13. The fourth-order valence-corrected chi connectivity index (χ4v) is 3.41. The predicted molar refractivity (Wildman–Crippen MR) is 78.4 cm³/mol. The molecule has 0 saturated heterocycles. The molecule has 1 aliphatic carbocycles. The average Bonchev–Trinajstić information content (AvgIpc) is 3.05. The molecule has 2 unspecified atom stereocenters. The molecule has 1 amide bonds. The van der Waals surface area contributed by atoms with Gasteiger partial charge in [-0.2, -0.15) is 0 Å². The SMILES string of the molecule is CCC1CC1NC(=O)c1sc2nc(C)ccc2c1N. The number of nitrogens with one attached hydrogen (secondary N) is 1. The third-order valence-corrected chi connectivity index (χ3v) is 4.82. The summed E-state index contributed by atoms with van der Waals surface area (Å²) < 4.78 is 0. The number of anilines is 1. The first-order valence-corrected chi connectivity index (χ1v) is 7.38. The minimum atomic E-state index is -0.0564. The van der Waals surface area contributed by atoms with Gasteiger partial charge in [-0.25, -0.2) is 4.98 Å². The standard InChI is InChI=1S/C14H17N3OS/c1-3-8-6-10(8)17-13(18)12-11(15)9-5-4-7(2)16-14(9)19-12/h4-5,8,10H,3,6,15H2,1-2H3,(H,17,18). The summed E-state index contributed by atoms with van der Waals surface area (Å²) in [6.07, 6.45) is 2.21. The molecule has 2 heterocycles. The molecular weight excluding hydrogens is 258 g/mol. The van der Waals surface area contributed by atoms with E-state index < -0.39 is 0 Å². The van der Waals surface area contributed by atoms with Gasteiger partial charge in [-0.15, -0.1) is 11.3 Å². The molecule has 100 valence electrons. The highest BCUT2D eigenvalue weighted by molar-refractivity contribution is 7.21. The third kappa shape index (κ3) is 2.18. The van der Waals surface area contributed by atoms with E-state index in [2.05, 4.69) is 17.2 Å². The van der Waals surface area contributed by atoms with Crippen LogP contribution in [-0.2, 0) is 0 Å². The fraction of sp³-hybridized carbons (Fsp3) is 0.429. The number of nitrogen functional groups attached to an aromatic ring is 1. The summed E-state index contributed by atoms with van der Waals surface area (Å²) in [5.41, 5.74) is 7.56. The second kappa shape index (κ2) is 4.49. The summed E-state index contributed by atoms with van der Waals surface area (Å²) in [5, 5.41) is 3.93. The first kappa shape index (κ1) is 12.4. The molecule has 2 atom stereocenters. The van der Waals surface area contributed by atoms with Crippen LogP contribution in [0.2, 0.25) is 0 Å². The Morgan fingerprint density at radius 2 is 2.37 bits per heavy atom. The summed E-state index contributed by atoms with van der Waals surface area (Å²) in [5.74, 6) is 0.582. The van der Waals surface area contributed by atoms with Crippen LogP contribution in [0.5, 0.6) is 0 Å². The molecular formula is C14H17N3OS. The zero-order chi connectivity index (χ0) is 13.6. The minimum Gasteiger partial charge on any atom is -0.397 e. The number of thiophene rings is 1. The number of aryl methyl sites for hydroxylation is 1. The smallest absolute Gasteiger partial charge is 0.263 e. The maximum absolute atomic E-state index is 12.2. The topological polar surface area (TPSA) is 68.0 Å². The number of hydrogen-bond acceptors (Lipinski definition) is 4. The molecule has 0 aliphatic heterocycles. The van der Waals surface area contributed by atoms with E-state index in [9.17, 15) is 4.79 Å². The van der Waals surface area contributed by atoms with Gasteiger partial charge >= 0.3 is 0 Å². The lowest BCUT2D eigenvalue weighted by atomic mass is 10.2. The van der Waals surface area contributed by atoms with Gasteiger partial charge in [0, 0.05) is 17.1 Å². The minimum absolute atomic E-state index is 0.0564. The van der Waals surface area contributed by atoms with Crippen molar-refractivity contribution in [2.75, 3.05) is 5.73 Å². The van der Waals surface area contributed by atoms with E-state index in [-0.39, 0.29) is 5.91 Å². The maximum atomic E-state index is 12.2. The Bertz CT molecular complexity index is 649. The van der Waals surface area contributed by atoms with Crippen LogP contribution in [0.15, 0.2) is 12.1 Å². The Labute approximate surface area is 116 Å². The lowest BCUT2D eigenvalue weighted by Gasteiger charge is -2.02. The van der Waals surface area contributed by atoms with Gasteiger partial charge in [-0.05, 0) is 31.4 Å². The number of pyridine rings is 1. The van der Waals surface area contributed by atoms with E-state index in [1.165, 1.54) is 11.3 Å². The molecule has 5 heteroatoms. The predicted octanol–water partition coefficient (Wildman–Crippen LogP) is 2.72. The highest BCUT2D eigenvalue weighted by Gasteiger charge is 2.37. The highest BCUT2D eigenvalue weighted by Crippen LogP contribution is 2.36. The van der Waals surface area contributed by atoms with Gasteiger partial charge in [0.05, 0.1) is 5.69 Å². The van der Waals surface area contributed by atoms with E-state index >= 15 is 0 Å². The Hall–Kier alpha value is -1.62. The summed E-state index contributed by atoms with van der Waals surface area (Å²) in [7, 11) is 0. The number of carbonyl (C=O) groups is 1. The van der Waals surface area contributed by atoms with Crippen molar-refractivity contribution >= 4 is 33.1 Å². The van der Waals surface area contributed by atoms with E-state index in [1.807, 2.05) is 19.1 Å². The molecule has 3 N–H and O–H groups in total. The molecule has 19 heavy (non-hydrogen) atoms. The van der Waals surface area contributed by atoms with Crippen molar-refractivity contribution in [2.24, 2.45) is 5.92 Å². The van der Waals surface area contributed by atoms with Gasteiger partial charge in [-0.1, -0.05) is 13.3 Å². The zero-order valence-electron chi connectivity index (χ0n) is 11.1. The lowest BCUT2D eigenvalue weighted by molar-refractivity contribution is 0.0954. The zero-order valence-corrected chi connectivity index (χ0v) is 11.9. The quantitative estimate of drug-likeness (QED) is 0.905. The molecule has 0 bridgehead atoms. The van der Waals surface area contributed by atoms with Crippen LogP contribution in [0, 0.1) is 12.8 Å². The van der Waals surface area contributed by atoms with Crippen molar-refractivity contribution in [1.82, 2.24) is 10.3 Å². The number of hydrogen-bond donors (Lipinski definition) is 2. The molecule has 0 spiro atoms. The Balaban J connectivity index is 1.88. The highest BCUT2D eigenvalue weighted by atomic mass is 32.1. The number of nitrogens with two attached hydrogens (primary N) is 1. The Morgan fingerprint density at radius 3 is 3.05 bits per heavy atom. The molecule has 0 radical (unpaired) electrons. The molecule has 0 aromatic carbocycles. The van der Waals surface area contributed by atoms with Crippen LogP contribution < -0.4 is 11.1 Å². The monoisotopic (exact) mass is 275 g/mol. The van der Waals surface area contributed by atoms with Crippen molar-refractivity contribution < 1.29 is 4.79 Å². The van der Waals surface area contributed by atoms with E-state index in [0.717, 1.165) is 28.8 Å². The fourth-order valence-electron chi connectivity index (χ4n) is 2.37. The van der Waals surface area contributed by atoms with Gasteiger partial charge in [0.2, 0.25) is 0 Å². The van der Waals surface area contributed by atoms with Crippen molar-refractivity contribution in [1.29, 1.82) is 0 Å². The van der Waals surface area contributed by atoms with Crippen LogP contribution in [0.3, 0.4) is 0 Å². The van der Waals surface area contributed by atoms with Crippen molar-refractivity contribution in [2.45, 2.75) is 32.7 Å². The van der Waals surface area contributed by atoms with Gasteiger partial charge in [0.15, 0.2) is 0 Å². The third-order valence-electron chi connectivity index (χ3n) is 3.70. The Kier molecular flexibility index (Phi) is 2.93. The molecule has 1 saturated carbocycles. The first-order valence-electron chi connectivity index (χ1n) is 6.56. The van der Waals surface area contributed by atoms with E-state index in [4.69, 9.17) is 5.73 Å². The van der Waals surface area contributed by atoms with Crippen LogP contribution in [-0.4, -0.2) is 16.9 Å². The van der Waals surface area contributed by atoms with Gasteiger partial charge in [0.25, 0.3) is 5.91 Å². The van der Waals surface area contributed by atoms with E-state index in [0.29, 0.717) is 22.5 Å². The molecule has 1 aliphatic rings. The second-order valence-corrected chi connectivity index (χ2v) is 6.13. The average molecular weight is 275 g/mol. The lowest BCUT2D eigenvalue weighted by Crippen LogP contribution is -2.26. The number of nitrogens with zero attached hydrogens (tertiary/aromatic N) is 1. The largest absolute Gasteiger partial charge is 0.397 e. The van der Waals surface area contributed by atoms with Crippen molar-refractivity contribution in [3.8, 4) is 0 Å². The van der Waals surface area contributed by atoms with Crippen molar-refractivity contribution in [3.63, 3.8) is 0 Å². The van der Waals surface area contributed by atoms with Crippen LogP contribution >= 0.6 is 11.3 Å². The van der Waals surface area contributed by atoms with Crippen molar-refractivity contribution in [3.05, 3.63) is 22.7 Å². The number of fused-ring (bicyclic) bond motifs is 1. The van der Waals surface area contributed by atoms with Gasteiger partial charge in [-0.3, -0.25) is 4.79 Å². The summed E-state index contributed by atoms with van der Waals surface area (Å²) >= 11 is 1.38. The molecule has 4 nitrogen and oxygen atoms in total. The first-order chi connectivity index (χ1) is 9.10. The molecule has 2 aromatic rings. The molecule has 1 fully saturated rings. The normalized spacial score (nSPS) is 21.6. The molecule has 3 rings (SSSR count). The molecule has 2 aromatic heterocycles.